The van der Waals surface area contributed by atoms with Gasteiger partial charge in [0.2, 0.25) is 0 Å². The number of nitrogens with zero attached hydrogens (tertiary/aromatic N) is 2. The largest absolute Gasteiger partial charge is 0.482 e. The van der Waals surface area contributed by atoms with E-state index >= 15 is 0 Å². The summed E-state index contributed by atoms with van der Waals surface area (Å²) in [6, 6.07) is 13.1. The predicted molar refractivity (Wildman–Crippen MR) is 122 cm³/mol. The number of carboxylic acid groups (broad SMARTS) is 2. The topological polar surface area (TPSA) is 126 Å². The van der Waals surface area contributed by atoms with Crippen LogP contribution in [0.15, 0.2) is 58.5 Å². The lowest BCUT2D eigenvalue weighted by Gasteiger charge is -2.06. The molecule has 2 aromatic rings. The third-order valence-corrected chi connectivity index (χ3v) is 5.16. The van der Waals surface area contributed by atoms with Gasteiger partial charge in [-0.25, -0.2) is 9.59 Å². The van der Waals surface area contributed by atoms with Crippen LogP contribution in [0.1, 0.15) is 11.1 Å². The van der Waals surface area contributed by atoms with Crippen molar-refractivity contribution in [1.29, 1.82) is 0 Å². The maximum Gasteiger partial charge on any atom is 0.341 e. The summed E-state index contributed by atoms with van der Waals surface area (Å²) in [6.07, 6.45) is 3.12. The Labute approximate surface area is 191 Å². The third kappa shape index (κ3) is 6.40. The molecule has 1 aliphatic rings. The van der Waals surface area contributed by atoms with Gasteiger partial charge < -0.3 is 19.7 Å². The third-order valence-electron chi connectivity index (χ3n) is 3.88. The molecule has 0 saturated carbocycles. The van der Waals surface area contributed by atoms with Crippen LogP contribution in [0, 0.1) is 0 Å². The molecule has 11 heteroatoms. The van der Waals surface area contributed by atoms with Gasteiger partial charge in [-0.05, 0) is 65.8 Å². The molecule has 3 rings (SSSR count). The van der Waals surface area contributed by atoms with Crippen LogP contribution in [0.3, 0.4) is 0 Å². The highest BCUT2D eigenvalue weighted by molar-refractivity contribution is 8.26. The Balaban J connectivity index is 1.64. The van der Waals surface area contributed by atoms with Gasteiger partial charge >= 0.3 is 11.9 Å². The minimum absolute atomic E-state index is 0.278. The molecule has 164 valence electrons. The summed E-state index contributed by atoms with van der Waals surface area (Å²) in [6.45, 7) is -0.873. The number of hydrogen-bond acceptors (Lipinski definition) is 8. The van der Waals surface area contributed by atoms with Crippen molar-refractivity contribution in [2.24, 2.45) is 5.10 Å². The second-order valence-electron chi connectivity index (χ2n) is 6.24. The fraction of sp³-hybridized carbons (Fsp3) is 0.0952. The van der Waals surface area contributed by atoms with Crippen LogP contribution < -0.4 is 9.47 Å². The molecule has 0 atom stereocenters. The summed E-state index contributed by atoms with van der Waals surface area (Å²) in [5.41, 5.74) is 1.39. The Bertz CT molecular complexity index is 1100. The van der Waals surface area contributed by atoms with E-state index in [1.54, 1.807) is 54.6 Å². The zero-order valence-electron chi connectivity index (χ0n) is 16.3. The highest BCUT2D eigenvalue weighted by Crippen LogP contribution is 2.33. The number of rotatable bonds is 9. The molecule has 0 spiro atoms. The number of thioether (sulfide) groups is 1. The van der Waals surface area contributed by atoms with Gasteiger partial charge in [0.05, 0.1) is 11.1 Å². The number of hydrazone groups is 1. The predicted octanol–water partition coefficient (Wildman–Crippen LogP) is 2.85. The van der Waals surface area contributed by atoms with Crippen molar-refractivity contribution in [3.05, 3.63) is 64.6 Å². The minimum Gasteiger partial charge on any atom is -0.482 e. The van der Waals surface area contributed by atoms with E-state index in [2.05, 4.69) is 5.10 Å². The summed E-state index contributed by atoms with van der Waals surface area (Å²) >= 11 is 6.36. The molecular formula is C21H16N2O7S2. The van der Waals surface area contributed by atoms with Gasteiger partial charge in [0.15, 0.2) is 17.5 Å². The average Bonchev–Trinajstić information content (AvgIpc) is 3.03. The van der Waals surface area contributed by atoms with E-state index in [-0.39, 0.29) is 10.2 Å². The first kappa shape index (κ1) is 23.0. The highest BCUT2D eigenvalue weighted by Gasteiger charge is 2.32. The van der Waals surface area contributed by atoms with Crippen LogP contribution >= 0.6 is 24.0 Å². The smallest absolute Gasteiger partial charge is 0.341 e. The van der Waals surface area contributed by atoms with E-state index in [9.17, 15) is 14.4 Å². The van der Waals surface area contributed by atoms with E-state index in [4.69, 9.17) is 31.9 Å². The lowest BCUT2D eigenvalue weighted by Crippen LogP contribution is -2.22. The molecule has 0 radical (unpaired) electrons. The number of amides is 1. The van der Waals surface area contributed by atoms with Gasteiger partial charge in [-0.2, -0.15) is 10.1 Å². The number of hydrogen-bond donors (Lipinski definition) is 2. The fourth-order valence-corrected chi connectivity index (χ4v) is 3.61. The summed E-state index contributed by atoms with van der Waals surface area (Å²) < 4.78 is 10.4. The van der Waals surface area contributed by atoms with Gasteiger partial charge in [-0.1, -0.05) is 23.9 Å². The Morgan fingerprint density at radius 2 is 1.44 bits per heavy atom. The molecule has 1 heterocycles. The van der Waals surface area contributed by atoms with Gasteiger partial charge in [0, 0.05) is 0 Å². The lowest BCUT2D eigenvalue weighted by atomic mass is 10.2. The minimum atomic E-state index is -1.07. The van der Waals surface area contributed by atoms with E-state index in [0.29, 0.717) is 27.5 Å². The van der Waals surface area contributed by atoms with Crippen molar-refractivity contribution in [1.82, 2.24) is 5.01 Å². The Morgan fingerprint density at radius 3 is 1.94 bits per heavy atom. The maximum absolute atomic E-state index is 12.7. The first-order valence-electron chi connectivity index (χ1n) is 9.03. The first-order valence-corrected chi connectivity index (χ1v) is 10.3. The standard InChI is InChI=1S/C21H16N2O7S2/c24-18(25)11-29-15-5-1-13(2-6-15)9-17-20(28)23(21(31)32-17)22-10-14-3-7-16(8-4-14)30-12-19(26)27/h1-10H,11-12H2,(H,24,25)(H,26,27)/b17-9-,22-10-. The molecule has 2 aromatic carbocycles. The van der Waals surface area contributed by atoms with Crippen LogP contribution in [0.5, 0.6) is 11.5 Å². The first-order chi connectivity index (χ1) is 15.3. The molecule has 0 unspecified atom stereocenters. The Hall–Kier alpha value is -3.70. The molecule has 0 bridgehead atoms. The monoisotopic (exact) mass is 472 g/mol. The summed E-state index contributed by atoms with van der Waals surface area (Å²) in [7, 11) is 0. The lowest BCUT2D eigenvalue weighted by molar-refractivity contribution is -0.140. The van der Waals surface area contributed by atoms with Gasteiger partial charge in [-0.15, -0.1) is 0 Å². The molecule has 0 aliphatic carbocycles. The van der Waals surface area contributed by atoms with Crippen molar-refractivity contribution in [3.8, 4) is 11.5 Å². The van der Waals surface area contributed by atoms with Crippen molar-refractivity contribution in [2.75, 3.05) is 13.2 Å². The number of benzene rings is 2. The van der Waals surface area contributed by atoms with E-state index in [1.807, 2.05) is 0 Å². The number of carboxylic acids is 2. The number of thiocarbonyl (C=S) groups is 1. The molecule has 1 saturated heterocycles. The maximum atomic E-state index is 12.7. The van der Waals surface area contributed by atoms with Crippen molar-refractivity contribution >= 4 is 58.4 Å². The molecule has 1 amide bonds. The van der Waals surface area contributed by atoms with E-state index in [0.717, 1.165) is 16.8 Å². The van der Waals surface area contributed by atoms with Crippen LogP contribution in [0.4, 0.5) is 0 Å². The molecule has 9 nitrogen and oxygen atoms in total. The zero-order chi connectivity index (χ0) is 23.1. The SMILES string of the molecule is O=C(O)COc1ccc(/C=N\N2C(=O)/C(=C/c3ccc(OCC(=O)O)cc3)SC2=S)cc1. The van der Waals surface area contributed by atoms with Crippen LogP contribution in [0.25, 0.3) is 6.08 Å². The van der Waals surface area contributed by atoms with Crippen LogP contribution in [0.2, 0.25) is 0 Å². The molecule has 1 fully saturated rings. The molecule has 32 heavy (non-hydrogen) atoms. The summed E-state index contributed by atoms with van der Waals surface area (Å²) in [4.78, 5) is 34.1. The number of carbonyl (C=O) groups excluding carboxylic acids is 1. The van der Waals surface area contributed by atoms with Crippen LogP contribution in [-0.2, 0) is 14.4 Å². The van der Waals surface area contributed by atoms with Gasteiger partial charge in [0.25, 0.3) is 5.91 Å². The summed E-state index contributed by atoms with van der Waals surface area (Å²) in [5, 5.41) is 22.5. The molecule has 1 aliphatic heterocycles. The van der Waals surface area contributed by atoms with Crippen LogP contribution in [-0.4, -0.2) is 56.8 Å². The summed E-state index contributed by atoms with van der Waals surface area (Å²) in [5.74, 6) is -1.70. The van der Waals surface area contributed by atoms with E-state index in [1.165, 1.54) is 6.21 Å². The number of aliphatic carboxylic acids is 2. The molecular weight excluding hydrogens is 456 g/mol. The average molecular weight is 473 g/mol. The molecule has 0 aromatic heterocycles. The van der Waals surface area contributed by atoms with Gasteiger partial charge in [-0.3, -0.25) is 4.79 Å². The highest BCUT2D eigenvalue weighted by atomic mass is 32.2. The van der Waals surface area contributed by atoms with E-state index < -0.39 is 25.2 Å². The zero-order valence-corrected chi connectivity index (χ0v) is 18.0. The second kappa shape index (κ2) is 10.6. The van der Waals surface area contributed by atoms with Crippen molar-refractivity contribution in [3.63, 3.8) is 0 Å². The van der Waals surface area contributed by atoms with Crippen molar-refractivity contribution < 1.29 is 34.1 Å². The normalized spacial score (nSPS) is 14.9. The molecule has 2 N–H and O–H groups in total. The van der Waals surface area contributed by atoms with Crippen molar-refractivity contribution in [2.45, 2.75) is 0 Å². The Morgan fingerprint density at radius 1 is 0.938 bits per heavy atom. The number of carbonyl (C=O) groups is 3. The quantitative estimate of drug-likeness (QED) is 0.322. The second-order valence-corrected chi connectivity index (χ2v) is 7.92. The fourth-order valence-electron chi connectivity index (χ4n) is 2.44. The Kier molecular flexibility index (Phi) is 7.58. The number of ether oxygens (including phenoxy) is 2. The van der Waals surface area contributed by atoms with Gasteiger partial charge in [0.1, 0.15) is 11.5 Å².